The van der Waals surface area contributed by atoms with Crippen molar-refractivity contribution in [2.45, 2.75) is 12.3 Å². The maximum atomic E-state index is 11.3. The Kier molecular flexibility index (Phi) is 6.74. The maximum absolute atomic E-state index is 11.3. The molecule has 0 spiro atoms. The molecule has 1 atom stereocenters. The highest BCUT2D eigenvalue weighted by molar-refractivity contribution is 7.98. The van der Waals surface area contributed by atoms with E-state index < -0.39 is 17.3 Å². The highest BCUT2D eigenvalue weighted by Gasteiger charge is 2.15. The lowest BCUT2D eigenvalue weighted by Crippen LogP contribution is -2.43. The first kappa shape index (κ1) is 13.6. The summed E-state index contributed by atoms with van der Waals surface area (Å²) in [5, 5.41) is 1.51. The lowest BCUT2D eigenvalue weighted by molar-refractivity contribution is -0.119. The summed E-state index contributed by atoms with van der Waals surface area (Å²) in [6.07, 6.45) is 1.96. The van der Waals surface area contributed by atoms with Gasteiger partial charge in [-0.1, -0.05) is 0 Å². The Morgan fingerprint density at radius 3 is 2.57 bits per heavy atom. The van der Waals surface area contributed by atoms with E-state index in [9.17, 15) is 9.59 Å². The second-order valence-electron chi connectivity index (χ2n) is 2.82. The predicted octanol–water partition coefficient (Wildman–Crippen LogP) is 1.14. The standard InChI is InChI=1S/C8H15ClN2O2S/c1-6(9)7(12)10-8(13)11(2)4-5-14-3/h6H,4-5H2,1-3H3,(H,10,12,13). The van der Waals surface area contributed by atoms with Crippen molar-refractivity contribution in [3.8, 4) is 0 Å². The van der Waals surface area contributed by atoms with Crippen LogP contribution in [0.5, 0.6) is 0 Å². The second kappa shape index (κ2) is 6.95. The molecule has 0 saturated heterocycles. The van der Waals surface area contributed by atoms with Gasteiger partial charge in [0.25, 0.3) is 0 Å². The normalized spacial score (nSPS) is 12.0. The third-order valence-electron chi connectivity index (χ3n) is 1.57. The zero-order valence-corrected chi connectivity index (χ0v) is 10.1. The number of nitrogens with zero attached hydrogens (tertiary/aromatic N) is 1. The number of carbonyl (C=O) groups excluding carboxylic acids is 2. The molecular formula is C8H15ClN2O2S. The van der Waals surface area contributed by atoms with E-state index in [1.54, 1.807) is 18.8 Å². The number of alkyl halides is 1. The fourth-order valence-electron chi connectivity index (χ4n) is 0.630. The van der Waals surface area contributed by atoms with Crippen molar-refractivity contribution < 1.29 is 9.59 Å². The van der Waals surface area contributed by atoms with Crippen LogP contribution in [0.2, 0.25) is 0 Å². The Morgan fingerprint density at radius 2 is 2.14 bits per heavy atom. The quantitative estimate of drug-likeness (QED) is 0.748. The van der Waals surface area contributed by atoms with Gasteiger partial charge in [0.2, 0.25) is 5.91 Å². The van der Waals surface area contributed by atoms with Crippen LogP contribution in [0.1, 0.15) is 6.92 Å². The molecule has 0 heterocycles. The Morgan fingerprint density at radius 1 is 1.57 bits per heavy atom. The molecule has 4 nitrogen and oxygen atoms in total. The van der Waals surface area contributed by atoms with Crippen molar-refractivity contribution in [1.29, 1.82) is 0 Å². The molecule has 0 aliphatic carbocycles. The Bertz CT molecular complexity index is 212. The van der Waals surface area contributed by atoms with Crippen molar-refractivity contribution in [2.24, 2.45) is 0 Å². The molecule has 6 heteroatoms. The second-order valence-corrected chi connectivity index (χ2v) is 4.47. The van der Waals surface area contributed by atoms with Gasteiger partial charge < -0.3 is 4.90 Å². The predicted molar refractivity (Wildman–Crippen MR) is 59.9 cm³/mol. The first-order valence-corrected chi connectivity index (χ1v) is 6.01. The third-order valence-corrected chi connectivity index (χ3v) is 2.36. The Labute approximate surface area is 93.4 Å². The van der Waals surface area contributed by atoms with Gasteiger partial charge in [-0.15, -0.1) is 11.6 Å². The molecule has 14 heavy (non-hydrogen) atoms. The van der Waals surface area contributed by atoms with Gasteiger partial charge in [-0.05, 0) is 13.2 Å². The average Bonchev–Trinajstić information content (AvgIpc) is 2.13. The molecule has 0 aromatic rings. The van der Waals surface area contributed by atoms with E-state index in [-0.39, 0.29) is 0 Å². The number of halogens is 1. The first-order chi connectivity index (χ1) is 6.49. The molecule has 0 rings (SSSR count). The van der Waals surface area contributed by atoms with Crippen LogP contribution >= 0.6 is 23.4 Å². The summed E-state index contributed by atoms with van der Waals surface area (Å²) in [5.74, 6) is 0.377. The number of urea groups is 1. The van der Waals surface area contributed by atoms with Crippen molar-refractivity contribution in [2.75, 3.05) is 25.6 Å². The van der Waals surface area contributed by atoms with Crippen LogP contribution in [-0.4, -0.2) is 47.8 Å². The first-order valence-electron chi connectivity index (χ1n) is 4.18. The van der Waals surface area contributed by atoms with Gasteiger partial charge in [0.05, 0.1) is 0 Å². The number of imide groups is 1. The average molecular weight is 239 g/mol. The van der Waals surface area contributed by atoms with Crippen LogP contribution < -0.4 is 5.32 Å². The van der Waals surface area contributed by atoms with Gasteiger partial charge >= 0.3 is 6.03 Å². The van der Waals surface area contributed by atoms with Gasteiger partial charge in [-0.25, -0.2) is 4.79 Å². The minimum Gasteiger partial charge on any atom is -0.327 e. The van der Waals surface area contributed by atoms with Crippen LogP contribution in [0.25, 0.3) is 0 Å². The molecule has 82 valence electrons. The molecular weight excluding hydrogens is 224 g/mol. The minimum absolute atomic E-state index is 0.406. The van der Waals surface area contributed by atoms with Crippen LogP contribution in [0.15, 0.2) is 0 Å². The van der Waals surface area contributed by atoms with Crippen molar-refractivity contribution in [1.82, 2.24) is 10.2 Å². The molecule has 0 aromatic carbocycles. The van der Waals surface area contributed by atoms with Crippen LogP contribution in [0, 0.1) is 0 Å². The SMILES string of the molecule is CSCCN(C)C(=O)NC(=O)C(C)Cl. The van der Waals surface area contributed by atoms with Crippen molar-refractivity contribution >= 4 is 35.3 Å². The Hall–Kier alpha value is -0.420. The lowest BCUT2D eigenvalue weighted by atomic mass is 10.4. The summed E-state index contributed by atoms with van der Waals surface area (Å²) in [4.78, 5) is 23.8. The van der Waals surface area contributed by atoms with Crippen LogP contribution in [0.3, 0.4) is 0 Å². The molecule has 0 radical (unpaired) electrons. The van der Waals surface area contributed by atoms with E-state index in [1.807, 2.05) is 6.26 Å². The molecule has 0 bridgehead atoms. The highest BCUT2D eigenvalue weighted by atomic mass is 35.5. The number of rotatable bonds is 4. The topological polar surface area (TPSA) is 49.4 Å². The van der Waals surface area contributed by atoms with Crippen LogP contribution in [0.4, 0.5) is 4.79 Å². The smallest absolute Gasteiger partial charge is 0.323 e. The fourth-order valence-corrected chi connectivity index (χ4v) is 1.14. The molecule has 0 fully saturated rings. The molecule has 1 unspecified atom stereocenters. The van der Waals surface area contributed by atoms with E-state index >= 15 is 0 Å². The molecule has 0 saturated carbocycles. The Balaban J connectivity index is 3.89. The molecule has 0 aliphatic rings. The van der Waals surface area contributed by atoms with E-state index in [4.69, 9.17) is 11.6 Å². The number of thioether (sulfide) groups is 1. The largest absolute Gasteiger partial charge is 0.327 e. The summed E-state index contributed by atoms with van der Waals surface area (Å²) in [6, 6.07) is -0.406. The van der Waals surface area contributed by atoms with Gasteiger partial charge in [0.15, 0.2) is 0 Å². The minimum atomic E-state index is -0.687. The van der Waals surface area contributed by atoms with E-state index in [0.717, 1.165) is 5.75 Å². The van der Waals surface area contributed by atoms with Gasteiger partial charge in [0, 0.05) is 19.3 Å². The number of nitrogens with one attached hydrogen (secondary N) is 1. The number of amides is 3. The van der Waals surface area contributed by atoms with Gasteiger partial charge in [-0.3, -0.25) is 10.1 Å². The number of hydrogen-bond acceptors (Lipinski definition) is 3. The monoisotopic (exact) mass is 238 g/mol. The van der Waals surface area contributed by atoms with Gasteiger partial charge in [0.1, 0.15) is 5.38 Å². The number of hydrogen-bond donors (Lipinski definition) is 1. The summed E-state index contributed by atoms with van der Waals surface area (Å²) >= 11 is 7.13. The van der Waals surface area contributed by atoms with Gasteiger partial charge in [-0.2, -0.15) is 11.8 Å². The summed E-state index contributed by atoms with van der Waals surface area (Å²) in [5.41, 5.74) is 0. The molecule has 1 N–H and O–H groups in total. The van der Waals surface area contributed by atoms with E-state index in [0.29, 0.717) is 6.54 Å². The maximum Gasteiger partial charge on any atom is 0.323 e. The summed E-state index contributed by atoms with van der Waals surface area (Å²) in [6.45, 7) is 2.13. The zero-order valence-electron chi connectivity index (χ0n) is 8.54. The summed E-state index contributed by atoms with van der Waals surface area (Å²) in [7, 11) is 1.64. The number of carbonyl (C=O) groups is 2. The molecule has 0 aromatic heterocycles. The van der Waals surface area contributed by atoms with E-state index in [2.05, 4.69) is 5.32 Å². The molecule has 0 aliphatic heterocycles. The third kappa shape index (κ3) is 5.34. The summed E-state index contributed by atoms with van der Waals surface area (Å²) < 4.78 is 0. The van der Waals surface area contributed by atoms with Crippen molar-refractivity contribution in [3.05, 3.63) is 0 Å². The fraction of sp³-hybridized carbons (Fsp3) is 0.750. The van der Waals surface area contributed by atoms with E-state index in [1.165, 1.54) is 11.8 Å². The zero-order chi connectivity index (χ0) is 11.1. The van der Waals surface area contributed by atoms with Crippen molar-refractivity contribution in [3.63, 3.8) is 0 Å². The molecule has 3 amide bonds. The lowest BCUT2D eigenvalue weighted by Gasteiger charge is -2.16. The highest BCUT2D eigenvalue weighted by Crippen LogP contribution is 1.96. The van der Waals surface area contributed by atoms with Crippen LogP contribution in [-0.2, 0) is 4.79 Å².